The second-order valence-corrected chi connectivity index (χ2v) is 8.04. The lowest BCUT2D eigenvalue weighted by atomic mass is 9.93. The number of hydrogen-bond acceptors (Lipinski definition) is 2. The summed E-state index contributed by atoms with van der Waals surface area (Å²) in [5, 5.41) is 20.2. The van der Waals surface area contributed by atoms with Crippen molar-refractivity contribution >= 4 is 5.97 Å². The minimum absolute atomic E-state index is 0.0358. The monoisotopic (exact) mass is 402 g/mol. The van der Waals surface area contributed by atoms with Crippen LogP contribution in [0.5, 0.6) is 5.75 Å². The fourth-order valence-electron chi connectivity index (χ4n) is 4.15. The summed E-state index contributed by atoms with van der Waals surface area (Å²) in [7, 11) is 0. The van der Waals surface area contributed by atoms with Crippen LogP contribution in [0, 0.1) is 13.8 Å². The summed E-state index contributed by atoms with van der Waals surface area (Å²) in [6.45, 7) is 8.46. The van der Waals surface area contributed by atoms with Crippen LogP contribution in [-0.2, 0) is 25.7 Å². The maximum absolute atomic E-state index is 11.7. The Morgan fingerprint density at radius 1 is 0.733 bits per heavy atom. The lowest BCUT2D eigenvalue weighted by molar-refractivity contribution is 0.0693. The molecule has 3 aromatic rings. The van der Waals surface area contributed by atoms with E-state index < -0.39 is 5.97 Å². The molecule has 0 saturated heterocycles. The molecule has 3 nitrogen and oxygen atoms in total. The largest absolute Gasteiger partial charge is 0.507 e. The van der Waals surface area contributed by atoms with Gasteiger partial charge in [-0.05, 0) is 83.7 Å². The molecule has 3 rings (SSSR count). The molecule has 0 aliphatic heterocycles. The van der Waals surface area contributed by atoms with Gasteiger partial charge in [-0.2, -0.15) is 0 Å². The topological polar surface area (TPSA) is 57.5 Å². The Balaban J connectivity index is 1.97. The van der Waals surface area contributed by atoms with Crippen LogP contribution in [0.15, 0.2) is 48.5 Å². The van der Waals surface area contributed by atoms with Gasteiger partial charge in [0.15, 0.2) is 0 Å². The van der Waals surface area contributed by atoms with Crippen LogP contribution in [-0.4, -0.2) is 16.2 Å². The average molecular weight is 403 g/mol. The first kappa shape index (κ1) is 21.6. The highest BCUT2D eigenvalue weighted by atomic mass is 16.4. The predicted octanol–water partition coefficient (Wildman–Crippen LogP) is 6.01. The fraction of sp³-hybridized carbons (Fsp3) is 0.296. The molecule has 0 radical (unpaired) electrons. The van der Waals surface area contributed by atoms with Crippen LogP contribution >= 0.6 is 0 Å². The number of aryl methyl sites for hydroxylation is 4. The van der Waals surface area contributed by atoms with Gasteiger partial charge in [-0.3, -0.25) is 0 Å². The summed E-state index contributed by atoms with van der Waals surface area (Å²) in [6.07, 6.45) is 3.10. The maximum atomic E-state index is 11.7. The lowest BCUT2D eigenvalue weighted by Crippen LogP contribution is -2.03. The molecule has 3 heteroatoms. The van der Waals surface area contributed by atoms with Crippen molar-refractivity contribution in [1.29, 1.82) is 0 Å². The van der Waals surface area contributed by atoms with Gasteiger partial charge < -0.3 is 10.2 Å². The number of carboxylic acids is 1. The Kier molecular flexibility index (Phi) is 6.61. The minimum atomic E-state index is -1.11. The molecule has 0 saturated carbocycles. The zero-order valence-corrected chi connectivity index (χ0v) is 18.2. The van der Waals surface area contributed by atoms with E-state index in [4.69, 9.17) is 0 Å². The first-order chi connectivity index (χ1) is 14.3. The summed E-state index contributed by atoms with van der Waals surface area (Å²) in [5.41, 5.74) is 8.80. The molecule has 0 fully saturated rings. The number of hydrogen-bond donors (Lipinski definition) is 2. The summed E-state index contributed by atoms with van der Waals surface area (Å²) < 4.78 is 0. The Bertz CT molecular complexity index is 1080. The predicted molar refractivity (Wildman–Crippen MR) is 122 cm³/mol. The van der Waals surface area contributed by atoms with E-state index in [1.54, 1.807) is 6.07 Å². The Morgan fingerprint density at radius 2 is 1.27 bits per heavy atom. The number of aromatic hydroxyl groups is 1. The van der Waals surface area contributed by atoms with Gasteiger partial charge in [0.1, 0.15) is 11.3 Å². The van der Waals surface area contributed by atoms with Crippen molar-refractivity contribution in [3.8, 4) is 5.75 Å². The molecule has 3 aromatic carbocycles. The molecule has 0 aliphatic rings. The maximum Gasteiger partial charge on any atom is 0.339 e. The van der Waals surface area contributed by atoms with Gasteiger partial charge in [-0.1, -0.05) is 56.3 Å². The average Bonchev–Trinajstić information content (AvgIpc) is 2.70. The minimum Gasteiger partial charge on any atom is -0.507 e. The van der Waals surface area contributed by atoms with E-state index in [1.807, 2.05) is 6.07 Å². The van der Waals surface area contributed by atoms with Gasteiger partial charge in [-0.25, -0.2) is 4.79 Å². The second kappa shape index (κ2) is 9.17. The number of carboxylic acid groups (broad SMARTS) is 1. The van der Waals surface area contributed by atoms with Crippen molar-refractivity contribution in [2.45, 2.75) is 53.4 Å². The zero-order chi connectivity index (χ0) is 21.8. The van der Waals surface area contributed by atoms with Crippen molar-refractivity contribution in [2.24, 2.45) is 0 Å². The van der Waals surface area contributed by atoms with Crippen molar-refractivity contribution in [3.63, 3.8) is 0 Å². The molecular weight excluding hydrogens is 372 g/mol. The summed E-state index contributed by atoms with van der Waals surface area (Å²) in [5.74, 6) is -1.24. The van der Waals surface area contributed by atoms with E-state index in [0.29, 0.717) is 18.4 Å². The van der Waals surface area contributed by atoms with E-state index >= 15 is 0 Å². The van der Waals surface area contributed by atoms with Crippen LogP contribution in [0.25, 0.3) is 0 Å². The van der Waals surface area contributed by atoms with Gasteiger partial charge in [-0.15, -0.1) is 0 Å². The summed E-state index contributed by atoms with van der Waals surface area (Å²) in [4.78, 5) is 11.7. The molecule has 2 N–H and O–H groups in total. The van der Waals surface area contributed by atoms with Gasteiger partial charge in [0.05, 0.1) is 0 Å². The van der Waals surface area contributed by atoms with Crippen LogP contribution in [0.1, 0.15) is 68.7 Å². The van der Waals surface area contributed by atoms with Crippen LogP contribution in [0.3, 0.4) is 0 Å². The normalized spacial score (nSPS) is 10.9. The first-order valence-corrected chi connectivity index (χ1v) is 10.6. The van der Waals surface area contributed by atoms with Crippen LogP contribution in [0.4, 0.5) is 0 Å². The number of benzene rings is 3. The highest BCUT2D eigenvalue weighted by Gasteiger charge is 2.16. The lowest BCUT2D eigenvalue weighted by Gasteiger charge is -2.13. The van der Waals surface area contributed by atoms with Gasteiger partial charge in [0, 0.05) is 6.42 Å². The molecule has 0 bridgehead atoms. The van der Waals surface area contributed by atoms with Crippen molar-refractivity contribution in [3.05, 3.63) is 98.6 Å². The first-order valence-electron chi connectivity index (χ1n) is 10.6. The molecule has 0 spiro atoms. The quantitative estimate of drug-likeness (QED) is 0.508. The van der Waals surface area contributed by atoms with Gasteiger partial charge >= 0.3 is 5.97 Å². The number of rotatable bonds is 7. The number of phenols is 1. The van der Waals surface area contributed by atoms with Gasteiger partial charge in [0.25, 0.3) is 0 Å². The molecule has 0 amide bonds. The third-order valence-electron chi connectivity index (χ3n) is 5.86. The highest BCUT2D eigenvalue weighted by molar-refractivity contribution is 5.91. The van der Waals surface area contributed by atoms with Crippen LogP contribution in [0.2, 0.25) is 0 Å². The van der Waals surface area contributed by atoms with Crippen molar-refractivity contribution < 1.29 is 15.0 Å². The van der Waals surface area contributed by atoms with E-state index in [9.17, 15) is 15.0 Å². The van der Waals surface area contributed by atoms with E-state index in [0.717, 1.165) is 29.5 Å². The number of aromatic carboxylic acids is 1. The Morgan fingerprint density at radius 3 is 1.73 bits per heavy atom. The molecule has 30 heavy (non-hydrogen) atoms. The fourth-order valence-corrected chi connectivity index (χ4v) is 4.15. The molecule has 0 heterocycles. The molecule has 156 valence electrons. The van der Waals surface area contributed by atoms with E-state index in [-0.39, 0.29) is 11.3 Å². The molecule has 0 unspecified atom stereocenters. The molecule has 0 aromatic heterocycles. The summed E-state index contributed by atoms with van der Waals surface area (Å²) >= 11 is 0. The van der Waals surface area contributed by atoms with Crippen molar-refractivity contribution in [1.82, 2.24) is 0 Å². The third kappa shape index (κ3) is 4.73. The SMILES string of the molecule is CCc1ccc(Cc2cc(Cc3ccc(CC)c(C)c3)c(O)c(C(=O)O)c2)cc1C. The third-order valence-corrected chi connectivity index (χ3v) is 5.86. The number of carbonyl (C=O) groups is 1. The highest BCUT2D eigenvalue weighted by Crippen LogP contribution is 2.29. The van der Waals surface area contributed by atoms with E-state index in [2.05, 4.69) is 64.1 Å². The second-order valence-electron chi connectivity index (χ2n) is 8.04. The van der Waals surface area contributed by atoms with Crippen molar-refractivity contribution in [2.75, 3.05) is 0 Å². The smallest absolute Gasteiger partial charge is 0.339 e. The Hall–Kier alpha value is -3.07. The van der Waals surface area contributed by atoms with Crippen LogP contribution < -0.4 is 0 Å². The molecule has 0 aliphatic carbocycles. The Labute approximate surface area is 179 Å². The molecule has 0 atom stereocenters. The summed E-state index contributed by atoms with van der Waals surface area (Å²) in [6, 6.07) is 16.2. The van der Waals surface area contributed by atoms with E-state index in [1.165, 1.54) is 22.3 Å². The zero-order valence-electron chi connectivity index (χ0n) is 18.2. The molecular formula is C27H30O3. The van der Waals surface area contributed by atoms with Gasteiger partial charge in [0.2, 0.25) is 0 Å². The standard InChI is InChI=1S/C27H30O3/c1-5-22-9-7-19(11-17(22)3)13-21-15-24(26(28)25(16-21)27(29)30)14-20-8-10-23(6-2)18(4)12-20/h7-12,15-16,28H,5-6,13-14H2,1-4H3,(H,29,30).